The van der Waals surface area contributed by atoms with Gasteiger partial charge in [-0.3, -0.25) is 0 Å². The number of hydrogen-bond acceptors (Lipinski definition) is 2. The molecule has 1 N–H and O–H groups in total. The van der Waals surface area contributed by atoms with Crippen LogP contribution in [0.3, 0.4) is 0 Å². The Morgan fingerprint density at radius 2 is 1.80 bits per heavy atom. The van der Waals surface area contributed by atoms with Gasteiger partial charge in [0, 0.05) is 10.6 Å². The molecule has 0 aliphatic heterocycles. The second kappa shape index (κ2) is 5.81. The molecule has 0 amide bonds. The van der Waals surface area contributed by atoms with Crippen LogP contribution >= 0.6 is 11.6 Å². The summed E-state index contributed by atoms with van der Waals surface area (Å²) in [4.78, 5) is 0. The van der Waals surface area contributed by atoms with Crippen molar-refractivity contribution in [1.82, 2.24) is 0 Å². The molecule has 2 nitrogen and oxygen atoms in total. The van der Waals surface area contributed by atoms with E-state index in [4.69, 9.17) is 16.3 Å². The molecule has 0 spiro atoms. The minimum atomic E-state index is -0.820. The highest BCUT2D eigenvalue weighted by Crippen LogP contribution is 2.34. The maximum atomic E-state index is 13.6. The van der Waals surface area contributed by atoms with Crippen molar-refractivity contribution in [1.29, 1.82) is 0 Å². The van der Waals surface area contributed by atoms with Crippen molar-refractivity contribution < 1.29 is 14.2 Å². The average molecular weight is 295 g/mol. The van der Waals surface area contributed by atoms with Gasteiger partial charge in [-0.2, -0.15) is 0 Å². The number of benzene rings is 2. The van der Waals surface area contributed by atoms with Crippen molar-refractivity contribution in [2.75, 3.05) is 0 Å². The number of halogens is 2. The van der Waals surface area contributed by atoms with Gasteiger partial charge in [0.25, 0.3) is 0 Å². The van der Waals surface area contributed by atoms with Crippen LogP contribution in [0.15, 0.2) is 30.3 Å². The summed E-state index contributed by atoms with van der Waals surface area (Å²) >= 11 is 5.95. The molecule has 4 heteroatoms. The molecule has 2 aromatic carbocycles. The van der Waals surface area contributed by atoms with Crippen molar-refractivity contribution in [3.63, 3.8) is 0 Å². The molecule has 20 heavy (non-hydrogen) atoms. The topological polar surface area (TPSA) is 29.5 Å². The molecule has 0 heterocycles. The van der Waals surface area contributed by atoms with Crippen LogP contribution in [0.2, 0.25) is 5.02 Å². The Labute approximate surface area is 122 Å². The van der Waals surface area contributed by atoms with Crippen LogP contribution in [0.5, 0.6) is 11.5 Å². The Balaban J connectivity index is 2.47. The van der Waals surface area contributed by atoms with Gasteiger partial charge in [-0.25, -0.2) is 4.39 Å². The zero-order chi connectivity index (χ0) is 14.9. The van der Waals surface area contributed by atoms with Gasteiger partial charge in [-0.05, 0) is 56.2 Å². The minimum Gasteiger partial charge on any atom is -0.457 e. The normalized spacial score (nSPS) is 12.3. The van der Waals surface area contributed by atoms with Crippen LogP contribution in [0.1, 0.15) is 29.7 Å². The Kier molecular flexibility index (Phi) is 4.31. The van der Waals surface area contributed by atoms with Gasteiger partial charge in [-0.1, -0.05) is 17.7 Å². The van der Waals surface area contributed by atoms with Crippen LogP contribution < -0.4 is 4.74 Å². The van der Waals surface area contributed by atoms with E-state index in [2.05, 4.69) is 0 Å². The number of hydrogen-bond donors (Lipinski definition) is 1. The Hall–Kier alpha value is -1.58. The highest BCUT2D eigenvalue weighted by molar-refractivity contribution is 6.30. The minimum absolute atomic E-state index is 0.365. The summed E-state index contributed by atoms with van der Waals surface area (Å²) in [6.07, 6.45) is -0.820. The quantitative estimate of drug-likeness (QED) is 0.868. The summed E-state index contributed by atoms with van der Waals surface area (Å²) in [5.74, 6) is 0.658. The van der Waals surface area contributed by atoms with Crippen LogP contribution in [0, 0.1) is 19.7 Å². The first-order valence-corrected chi connectivity index (χ1v) is 6.68. The number of ether oxygens (including phenoxy) is 1. The summed E-state index contributed by atoms with van der Waals surface area (Å²) in [6.45, 7) is 5.12. The van der Waals surface area contributed by atoms with E-state index in [-0.39, 0.29) is 5.82 Å². The van der Waals surface area contributed by atoms with E-state index in [0.29, 0.717) is 27.6 Å². The van der Waals surface area contributed by atoms with E-state index < -0.39 is 6.10 Å². The second-order valence-corrected chi connectivity index (χ2v) is 5.26. The van der Waals surface area contributed by atoms with Crippen LogP contribution in [0.25, 0.3) is 0 Å². The molecule has 0 unspecified atom stereocenters. The lowest BCUT2D eigenvalue weighted by Gasteiger charge is -2.16. The largest absolute Gasteiger partial charge is 0.457 e. The molecule has 0 bridgehead atoms. The van der Waals surface area contributed by atoms with Crippen molar-refractivity contribution in [2.45, 2.75) is 26.9 Å². The summed E-state index contributed by atoms with van der Waals surface area (Å²) in [6, 6.07) is 8.19. The van der Waals surface area contributed by atoms with Gasteiger partial charge in [-0.15, -0.1) is 0 Å². The maximum Gasteiger partial charge on any atom is 0.133 e. The van der Waals surface area contributed by atoms with Gasteiger partial charge in [0.2, 0.25) is 0 Å². The monoisotopic (exact) mass is 294 g/mol. The molecule has 1 atom stereocenters. The molecule has 0 saturated carbocycles. The van der Waals surface area contributed by atoms with Crippen molar-refractivity contribution in [3.05, 3.63) is 57.9 Å². The number of aryl methyl sites for hydroxylation is 2. The molecule has 0 saturated heterocycles. The molecule has 106 valence electrons. The first-order valence-electron chi connectivity index (χ1n) is 6.30. The molecule has 2 rings (SSSR count). The van der Waals surface area contributed by atoms with Crippen molar-refractivity contribution in [3.8, 4) is 11.5 Å². The molecule has 0 radical (unpaired) electrons. The molecular formula is C16H16ClFO2. The summed E-state index contributed by atoms with van der Waals surface area (Å²) in [5, 5.41) is 10.3. The molecule has 0 aromatic heterocycles. The zero-order valence-electron chi connectivity index (χ0n) is 11.6. The fourth-order valence-corrected chi connectivity index (χ4v) is 2.05. The molecular weight excluding hydrogens is 279 g/mol. The maximum absolute atomic E-state index is 13.6. The van der Waals surface area contributed by atoms with E-state index in [9.17, 15) is 9.50 Å². The van der Waals surface area contributed by atoms with Gasteiger partial charge in [0.05, 0.1) is 6.10 Å². The highest BCUT2D eigenvalue weighted by Gasteiger charge is 2.14. The van der Waals surface area contributed by atoms with Gasteiger partial charge < -0.3 is 9.84 Å². The highest BCUT2D eigenvalue weighted by atomic mass is 35.5. The van der Waals surface area contributed by atoms with Gasteiger partial charge in [0.15, 0.2) is 0 Å². The molecule has 2 aromatic rings. The zero-order valence-corrected chi connectivity index (χ0v) is 12.3. The Morgan fingerprint density at radius 1 is 1.10 bits per heavy atom. The number of aliphatic hydroxyl groups is 1. The van der Waals surface area contributed by atoms with Crippen LogP contribution in [0.4, 0.5) is 4.39 Å². The van der Waals surface area contributed by atoms with Crippen LogP contribution in [-0.4, -0.2) is 5.11 Å². The number of aliphatic hydroxyl groups excluding tert-OH is 1. The van der Waals surface area contributed by atoms with Gasteiger partial charge in [0.1, 0.15) is 17.3 Å². The standard InChI is InChI=1S/C16H16ClFO2/c1-9-4-5-12(17)7-15(9)20-16-6-10(2)14(18)8-13(16)11(3)19/h4-8,11,19H,1-3H3/t11-/m1/s1. The van der Waals surface area contributed by atoms with E-state index in [1.54, 1.807) is 32.0 Å². The van der Waals surface area contributed by atoms with Crippen molar-refractivity contribution in [2.24, 2.45) is 0 Å². The molecule has 0 fully saturated rings. The first-order chi connectivity index (χ1) is 9.38. The van der Waals surface area contributed by atoms with Crippen LogP contribution in [-0.2, 0) is 0 Å². The van der Waals surface area contributed by atoms with Crippen molar-refractivity contribution >= 4 is 11.6 Å². The number of rotatable bonds is 3. The fourth-order valence-electron chi connectivity index (χ4n) is 1.89. The lowest BCUT2D eigenvalue weighted by Crippen LogP contribution is -1.99. The smallest absolute Gasteiger partial charge is 0.133 e. The Morgan fingerprint density at radius 3 is 2.45 bits per heavy atom. The van der Waals surface area contributed by atoms with E-state index in [1.807, 2.05) is 13.0 Å². The summed E-state index contributed by atoms with van der Waals surface area (Å²) in [5.41, 5.74) is 1.78. The third-order valence-corrected chi connectivity index (χ3v) is 3.35. The third kappa shape index (κ3) is 3.11. The SMILES string of the molecule is Cc1cc(Oc2cc(Cl)ccc2C)c([C@@H](C)O)cc1F. The summed E-state index contributed by atoms with van der Waals surface area (Å²) in [7, 11) is 0. The average Bonchev–Trinajstić information content (AvgIpc) is 2.37. The molecule has 0 aliphatic rings. The molecule has 0 aliphatic carbocycles. The second-order valence-electron chi connectivity index (χ2n) is 4.83. The lowest BCUT2D eigenvalue weighted by molar-refractivity contribution is 0.195. The van der Waals surface area contributed by atoms with E-state index in [0.717, 1.165) is 5.56 Å². The first kappa shape index (κ1) is 14.8. The Bertz CT molecular complexity index is 639. The van der Waals surface area contributed by atoms with Gasteiger partial charge >= 0.3 is 0 Å². The predicted octanol–water partition coefficient (Wildman–Crippen LogP) is 4.94. The third-order valence-electron chi connectivity index (χ3n) is 3.11. The predicted molar refractivity (Wildman–Crippen MR) is 78.0 cm³/mol. The fraction of sp³-hybridized carbons (Fsp3) is 0.250. The van der Waals surface area contributed by atoms with E-state index in [1.165, 1.54) is 6.07 Å². The lowest BCUT2D eigenvalue weighted by atomic mass is 10.1. The van der Waals surface area contributed by atoms with E-state index >= 15 is 0 Å². The summed E-state index contributed by atoms with van der Waals surface area (Å²) < 4.78 is 19.4.